The molecule has 0 aliphatic carbocycles. The molecule has 1 heterocycles. The number of carbonyl (C=O) groups excluding carboxylic acids is 1. The molecule has 0 bridgehead atoms. The molecule has 0 aromatic rings. The van der Waals surface area contributed by atoms with E-state index in [9.17, 15) is 4.79 Å². The molecule has 3 N–H and O–H groups in total. The number of nitrogens with zero attached hydrogens (tertiary/aromatic N) is 2. The quantitative estimate of drug-likeness (QED) is 0.637. The highest BCUT2D eigenvalue weighted by Crippen LogP contribution is 1.97. The maximum atomic E-state index is 11.2. The molecular formula is C10H22N4O. The van der Waals surface area contributed by atoms with Gasteiger partial charge in [0, 0.05) is 32.2 Å². The fourth-order valence-electron chi connectivity index (χ4n) is 1.55. The van der Waals surface area contributed by atoms with Crippen LogP contribution in [0.4, 0.5) is 4.79 Å². The monoisotopic (exact) mass is 214 g/mol. The minimum atomic E-state index is 0.0654. The van der Waals surface area contributed by atoms with Crippen LogP contribution in [0.15, 0.2) is 0 Å². The number of nitrogens with two attached hydrogens (primary N) is 1. The average molecular weight is 214 g/mol. The van der Waals surface area contributed by atoms with Crippen molar-refractivity contribution in [3.05, 3.63) is 0 Å². The normalized spacial score (nSPS) is 18.4. The minimum Gasteiger partial charge on any atom is -0.336 e. The first kappa shape index (κ1) is 12.3. The molecular weight excluding hydrogens is 192 g/mol. The molecule has 0 aromatic carbocycles. The van der Waals surface area contributed by atoms with E-state index in [1.165, 1.54) is 0 Å². The second-order valence-corrected chi connectivity index (χ2v) is 4.29. The van der Waals surface area contributed by atoms with Gasteiger partial charge in [0.25, 0.3) is 0 Å². The maximum absolute atomic E-state index is 11.2. The SMILES string of the molecule is CC(N)CCN(C)CCN1CCNC1=O. The number of likely N-dealkylation sites (N-methyl/N-ethyl adjacent to an activating group) is 1. The Hall–Kier alpha value is -0.810. The van der Waals surface area contributed by atoms with Crippen LogP contribution in [0, 0.1) is 0 Å². The highest BCUT2D eigenvalue weighted by Gasteiger charge is 2.18. The van der Waals surface area contributed by atoms with E-state index in [-0.39, 0.29) is 12.1 Å². The molecule has 0 radical (unpaired) electrons. The summed E-state index contributed by atoms with van der Waals surface area (Å²) in [5, 5.41) is 2.79. The van der Waals surface area contributed by atoms with Crippen molar-refractivity contribution in [1.82, 2.24) is 15.1 Å². The molecule has 0 saturated carbocycles. The molecule has 1 unspecified atom stereocenters. The molecule has 2 amide bonds. The number of hydrogen-bond donors (Lipinski definition) is 2. The summed E-state index contributed by atoms with van der Waals surface area (Å²) in [5.41, 5.74) is 5.68. The van der Waals surface area contributed by atoms with E-state index in [4.69, 9.17) is 5.73 Å². The first-order valence-electron chi connectivity index (χ1n) is 5.56. The largest absolute Gasteiger partial charge is 0.336 e. The predicted molar refractivity (Wildman–Crippen MR) is 60.7 cm³/mol. The Morgan fingerprint density at radius 2 is 2.33 bits per heavy atom. The van der Waals surface area contributed by atoms with Crippen LogP contribution in [0.1, 0.15) is 13.3 Å². The standard InChI is InChI=1S/C10H22N4O/c1-9(11)3-5-13(2)7-8-14-6-4-12-10(14)15/h9H,3-8,11H2,1-2H3,(H,12,15). The predicted octanol–water partition coefficient (Wildman–Crippen LogP) is -0.319. The zero-order valence-electron chi connectivity index (χ0n) is 9.70. The molecule has 1 aliphatic rings. The van der Waals surface area contributed by atoms with Gasteiger partial charge in [0.05, 0.1) is 0 Å². The Morgan fingerprint density at radius 1 is 1.60 bits per heavy atom. The van der Waals surface area contributed by atoms with Crippen molar-refractivity contribution in [2.45, 2.75) is 19.4 Å². The van der Waals surface area contributed by atoms with Gasteiger partial charge < -0.3 is 20.9 Å². The fourth-order valence-corrected chi connectivity index (χ4v) is 1.55. The lowest BCUT2D eigenvalue weighted by Crippen LogP contribution is -2.36. The third kappa shape index (κ3) is 4.48. The number of carbonyl (C=O) groups is 1. The molecule has 1 rings (SSSR count). The van der Waals surface area contributed by atoms with E-state index in [0.717, 1.165) is 39.1 Å². The van der Waals surface area contributed by atoms with Gasteiger partial charge >= 0.3 is 6.03 Å². The van der Waals surface area contributed by atoms with Gasteiger partial charge in [-0.3, -0.25) is 0 Å². The number of urea groups is 1. The molecule has 0 spiro atoms. The van der Waals surface area contributed by atoms with Crippen LogP contribution in [-0.2, 0) is 0 Å². The average Bonchev–Trinajstić information content (AvgIpc) is 2.58. The zero-order valence-corrected chi connectivity index (χ0v) is 9.70. The van der Waals surface area contributed by atoms with E-state index < -0.39 is 0 Å². The van der Waals surface area contributed by atoms with Crippen LogP contribution in [0.25, 0.3) is 0 Å². The lowest BCUT2D eigenvalue weighted by Gasteiger charge is -2.21. The Bertz CT molecular complexity index is 208. The lowest BCUT2D eigenvalue weighted by atomic mass is 10.2. The van der Waals surface area contributed by atoms with Crippen molar-refractivity contribution in [2.24, 2.45) is 5.73 Å². The van der Waals surface area contributed by atoms with Crippen molar-refractivity contribution in [3.8, 4) is 0 Å². The molecule has 88 valence electrons. The molecule has 0 aromatic heterocycles. The van der Waals surface area contributed by atoms with E-state index in [1.807, 2.05) is 11.8 Å². The first-order chi connectivity index (χ1) is 7.09. The summed E-state index contributed by atoms with van der Waals surface area (Å²) in [6, 6.07) is 0.318. The number of hydrogen-bond acceptors (Lipinski definition) is 3. The van der Waals surface area contributed by atoms with Crippen molar-refractivity contribution in [2.75, 3.05) is 39.8 Å². The number of rotatable bonds is 6. The van der Waals surface area contributed by atoms with Gasteiger partial charge in [-0.05, 0) is 26.9 Å². The Morgan fingerprint density at radius 3 is 2.87 bits per heavy atom. The van der Waals surface area contributed by atoms with Crippen LogP contribution >= 0.6 is 0 Å². The molecule has 1 saturated heterocycles. The van der Waals surface area contributed by atoms with Gasteiger partial charge in [-0.25, -0.2) is 4.79 Å². The summed E-state index contributed by atoms with van der Waals surface area (Å²) in [6.45, 7) is 6.35. The van der Waals surface area contributed by atoms with Gasteiger partial charge in [-0.2, -0.15) is 0 Å². The van der Waals surface area contributed by atoms with Crippen LogP contribution in [-0.4, -0.2) is 61.6 Å². The number of nitrogens with one attached hydrogen (secondary N) is 1. The maximum Gasteiger partial charge on any atom is 0.317 e. The van der Waals surface area contributed by atoms with Crippen LogP contribution in [0.2, 0.25) is 0 Å². The second-order valence-electron chi connectivity index (χ2n) is 4.29. The smallest absolute Gasteiger partial charge is 0.317 e. The van der Waals surface area contributed by atoms with E-state index in [0.29, 0.717) is 0 Å². The van der Waals surface area contributed by atoms with E-state index in [2.05, 4.69) is 17.3 Å². The van der Waals surface area contributed by atoms with Crippen LogP contribution in [0.5, 0.6) is 0 Å². The van der Waals surface area contributed by atoms with Gasteiger partial charge in [-0.1, -0.05) is 0 Å². The van der Waals surface area contributed by atoms with Gasteiger partial charge in [0.1, 0.15) is 0 Å². The van der Waals surface area contributed by atoms with Crippen LogP contribution < -0.4 is 11.1 Å². The molecule has 1 aliphatic heterocycles. The number of amides is 2. The third-order valence-corrected chi connectivity index (χ3v) is 2.66. The fraction of sp³-hybridized carbons (Fsp3) is 0.900. The zero-order chi connectivity index (χ0) is 11.3. The highest BCUT2D eigenvalue weighted by atomic mass is 16.2. The van der Waals surface area contributed by atoms with Crippen LogP contribution in [0.3, 0.4) is 0 Å². The minimum absolute atomic E-state index is 0.0654. The molecule has 5 nitrogen and oxygen atoms in total. The van der Waals surface area contributed by atoms with Gasteiger partial charge in [-0.15, -0.1) is 0 Å². The van der Waals surface area contributed by atoms with Crippen molar-refractivity contribution < 1.29 is 4.79 Å². The summed E-state index contributed by atoms with van der Waals surface area (Å²) in [5.74, 6) is 0. The summed E-state index contributed by atoms with van der Waals surface area (Å²) < 4.78 is 0. The summed E-state index contributed by atoms with van der Waals surface area (Å²) in [6.07, 6.45) is 1.00. The summed E-state index contributed by atoms with van der Waals surface area (Å²) >= 11 is 0. The lowest BCUT2D eigenvalue weighted by molar-refractivity contribution is 0.207. The first-order valence-corrected chi connectivity index (χ1v) is 5.56. The molecule has 15 heavy (non-hydrogen) atoms. The second kappa shape index (κ2) is 5.92. The Kier molecular flexibility index (Phi) is 4.84. The van der Waals surface area contributed by atoms with Gasteiger partial charge in [0.15, 0.2) is 0 Å². The van der Waals surface area contributed by atoms with E-state index in [1.54, 1.807) is 0 Å². The molecule has 1 fully saturated rings. The molecule has 5 heteroatoms. The third-order valence-electron chi connectivity index (χ3n) is 2.66. The molecule has 1 atom stereocenters. The Balaban J connectivity index is 2.10. The van der Waals surface area contributed by atoms with Crippen molar-refractivity contribution in [3.63, 3.8) is 0 Å². The van der Waals surface area contributed by atoms with Crippen molar-refractivity contribution in [1.29, 1.82) is 0 Å². The summed E-state index contributed by atoms with van der Waals surface area (Å²) in [4.78, 5) is 15.3. The van der Waals surface area contributed by atoms with Gasteiger partial charge in [0.2, 0.25) is 0 Å². The highest BCUT2D eigenvalue weighted by molar-refractivity contribution is 5.76. The Labute approximate surface area is 91.6 Å². The van der Waals surface area contributed by atoms with Crippen molar-refractivity contribution >= 4 is 6.03 Å². The summed E-state index contributed by atoms with van der Waals surface area (Å²) in [7, 11) is 2.07. The van der Waals surface area contributed by atoms with E-state index >= 15 is 0 Å². The topological polar surface area (TPSA) is 61.6 Å².